The van der Waals surface area contributed by atoms with Crippen LogP contribution < -0.4 is 12.4 Å². The standard InChI is InChI=1S/C5H14NO.C3H4N2.ClH/c1-6(2,3)4-5-7;1-2-5-3-4-1;/h7H,4-5H2,1-3H3;1-3H,(H,4,5);1H/q+1;;/p-1. The quantitative estimate of drug-likeness (QED) is 0.512. The third-order valence-electron chi connectivity index (χ3n) is 1.18. The van der Waals surface area contributed by atoms with Gasteiger partial charge in [0.25, 0.3) is 0 Å². The first-order valence-electron chi connectivity index (χ1n) is 3.90. The van der Waals surface area contributed by atoms with Crippen LogP contribution in [0.4, 0.5) is 0 Å². The van der Waals surface area contributed by atoms with Crippen LogP contribution in [0.25, 0.3) is 0 Å². The molecular formula is C8H18ClN3O. The number of nitrogens with zero attached hydrogens (tertiary/aromatic N) is 2. The largest absolute Gasteiger partial charge is 1.00 e. The SMILES string of the molecule is C[N+](C)(C)CCO.[Cl-].c1c[nH]cn1. The van der Waals surface area contributed by atoms with E-state index in [1.807, 2.05) is 0 Å². The average Bonchev–Trinajstić information content (AvgIpc) is 2.38. The van der Waals surface area contributed by atoms with Gasteiger partial charge in [0, 0.05) is 12.4 Å². The van der Waals surface area contributed by atoms with Gasteiger partial charge in [-0.15, -0.1) is 0 Å². The Hall–Kier alpha value is -0.580. The van der Waals surface area contributed by atoms with Crippen LogP contribution in [-0.2, 0) is 0 Å². The molecule has 0 bridgehead atoms. The summed E-state index contributed by atoms with van der Waals surface area (Å²) in [5, 5.41) is 8.39. The number of imidazole rings is 1. The van der Waals surface area contributed by atoms with Crippen molar-refractivity contribution >= 4 is 0 Å². The normalized spacial score (nSPS) is 9.54. The van der Waals surface area contributed by atoms with E-state index in [0.29, 0.717) is 0 Å². The van der Waals surface area contributed by atoms with Crippen molar-refractivity contribution in [1.29, 1.82) is 0 Å². The van der Waals surface area contributed by atoms with Gasteiger partial charge in [-0.25, -0.2) is 4.98 Å². The van der Waals surface area contributed by atoms with Gasteiger partial charge in [-0.3, -0.25) is 0 Å². The molecule has 4 nitrogen and oxygen atoms in total. The molecule has 1 heterocycles. The smallest absolute Gasteiger partial charge is 0.101 e. The zero-order valence-corrected chi connectivity index (χ0v) is 9.12. The third-order valence-corrected chi connectivity index (χ3v) is 1.18. The lowest BCUT2D eigenvalue weighted by Gasteiger charge is -2.21. The van der Waals surface area contributed by atoms with Crippen LogP contribution in [0.2, 0.25) is 0 Å². The molecule has 0 aliphatic heterocycles. The van der Waals surface area contributed by atoms with Gasteiger partial charge in [0.2, 0.25) is 0 Å². The van der Waals surface area contributed by atoms with Crippen molar-refractivity contribution in [2.24, 2.45) is 0 Å². The van der Waals surface area contributed by atoms with E-state index in [-0.39, 0.29) is 19.0 Å². The van der Waals surface area contributed by atoms with Crippen LogP contribution in [0.3, 0.4) is 0 Å². The van der Waals surface area contributed by atoms with Crippen molar-refractivity contribution in [3.05, 3.63) is 18.7 Å². The number of nitrogens with one attached hydrogen (secondary N) is 1. The Morgan fingerprint density at radius 3 is 2.08 bits per heavy atom. The Labute approximate surface area is 85.6 Å². The lowest BCUT2D eigenvalue weighted by molar-refractivity contribution is -0.870. The van der Waals surface area contributed by atoms with E-state index in [1.165, 1.54) is 0 Å². The summed E-state index contributed by atoms with van der Waals surface area (Å²) >= 11 is 0. The van der Waals surface area contributed by atoms with E-state index in [4.69, 9.17) is 5.11 Å². The Bertz CT molecular complexity index is 155. The van der Waals surface area contributed by atoms with Crippen molar-refractivity contribution in [2.45, 2.75) is 0 Å². The van der Waals surface area contributed by atoms with Crippen LogP contribution in [0, 0.1) is 0 Å². The molecule has 5 heteroatoms. The van der Waals surface area contributed by atoms with Gasteiger partial charge in [0.1, 0.15) is 6.54 Å². The van der Waals surface area contributed by atoms with E-state index in [0.717, 1.165) is 11.0 Å². The first kappa shape index (κ1) is 14.9. The monoisotopic (exact) mass is 207 g/mol. The van der Waals surface area contributed by atoms with E-state index < -0.39 is 0 Å². The Morgan fingerprint density at radius 1 is 1.38 bits per heavy atom. The number of aliphatic hydroxyl groups is 1. The molecule has 0 spiro atoms. The minimum absolute atomic E-state index is 0. The molecule has 1 rings (SSSR count). The first-order chi connectivity index (χ1) is 5.56. The van der Waals surface area contributed by atoms with Crippen LogP contribution in [0.15, 0.2) is 18.7 Å². The Morgan fingerprint density at radius 2 is 2.00 bits per heavy atom. The zero-order valence-electron chi connectivity index (χ0n) is 8.37. The van der Waals surface area contributed by atoms with E-state index in [9.17, 15) is 0 Å². The molecule has 1 aromatic rings. The lowest BCUT2D eigenvalue weighted by Crippen LogP contribution is -3.00. The van der Waals surface area contributed by atoms with Crippen molar-refractivity contribution in [3.63, 3.8) is 0 Å². The summed E-state index contributed by atoms with van der Waals surface area (Å²) in [5.74, 6) is 0. The van der Waals surface area contributed by atoms with E-state index >= 15 is 0 Å². The van der Waals surface area contributed by atoms with Gasteiger partial charge in [-0.2, -0.15) is 0 Å². The number of hydrogen-bond acceptors (Lipinski definition) is 2. The fourth-order valence-corrected chi connectivity index (χ4v) is 0.515. The molecule has 0 radical (unpaired) electrons. The number of aliphatic hydroxyl groups excluding tert-OH is 1. The van der Waals surface area contributed by atoms with E-state index in [2.05, 4.69) is 31.1 Å². The number of H-pyrrole nitrogens is 1. The number of halogens is 1. The number of hydrogen-bond donors (Lipinski definition) is 2. The number of likely N-dealkylation sites (N-methyl/N-ethyl adjacent to an activating group) is 1. The van der Waals surface area contributed by atoms with Crippen LogP contribution >= 0.6 is 0 Å². The molecule has 78 valence electrons. The summed E-state index contributed by atoms with van der Waals surface area (Å²) in [6, 6.07) is 0. The molecule has 0 unspecified atom stereocenters. The van der Waals surface area contributed by atoms with Crippen molar-refractivity contribution in [3.8, 4) is 0 Å². The van der Waals surface area contributed by atoms with Crippen molar-refractivity contribution in [1.82, 2.24) is 9.97 Å². The lowest BCUT2D eigenvalue weighted by atomic mass is 10.5. The van der Waals surface area contributed by atoms with Crippen LogP contribution in [0.5, 0.6) is 0 Å². The maximum absolute atomic E-state index is 8.39. The fraction of sp³-hybridized carbons (Fsp3) is 0.625. The number of rotatable bonds is 2. The summed E-state index contributed by atoms with van der Waals surface area (Å²) in [4.78, 5) is 6.42. The fourth-order valence-electron chi connectivity index (χ4n) is 0.515. The summed E-state index contributed by atoms with van der Waals surface area (Å²) in [7, 11) is 6.16. The highest BCUT2D eigenvalue weighted by molar-refractivity contribution is 4.64. The maximum atomic E-state index is 8.39. The second-order valence-corrected chi connectivity index (χ2v) is 3.50. The topological polar surface area (TPSA) is 48.9 Å². The number of aromatic amines is 1. The van der Waals surface area contributed by atoms with Gasteiger partial charge >= 0.3 is 0 Å². The van der Waals surface area contributed by atoms with Gasteiger partial charge < -0.3 is 27.0 Å². The second kappa shape index (κ2) is 8.04. The minimum atomic E-state index is 0. The Kier molecular flexibility index (Phi) is 9.22. The molecule has 0 saturated carbocycles. The molecule has 0 aromatic carbocycles. The molecule has 0 fully saturated rings. The molecule has 2 N–H and O–H groups in total. The maximum Gasteiger partial charge on any atom is 0.101 e. The highest BCUT2D eigenvalue weighted by atomic mass is 35.5. The molecule has 0 atom stereocenters. The van der Waals surface area contributed by atoms with Crippen molar-refractivity contribution in [2.75, 3.05) is 34.3 Å². The third kappa shape index (κ3) is 14.3. The summed E-state index contributed by atoms with van der Waals surface area (Å²) in [6.45, 7) is 1.11. The number of quaternary nitrogens is 1. The van der Waals surface area contributed by atoms with Crippen LogP contribution in [-0.4, -0.2) is 53.9 Å². The zero-order chi connectivity index (χ0) is 9.45. The molecule has 0 amide bonds. The predicted molar refractivity (Wildman–Crippen MR) is 48.6 cm³/mol. The molecule has 0 aliphatic rings. The first-order valence-corrected chi connectivity index (χ1v) is 3.90. The predicted octanol–water partition coefficient (Wildman–Crippen LogP) is -2.90. The molecular weight excluding hydrogens is 190 g/mol. The van der Waals surface area contributed by atoms with Crippen molar-refractivity contribution < 1.29 is 22.0 Å². The highest BCUT2D eigenvalue weighted by Gasteiger charge is 2.02. The summed E-state index contributed by atoms with van der Waals surface area (Å²) in [6.07, 6.45) is 5.08. The Balaban J connectivity index is 0. The summed E-state index contributed by atoms with van der Waals surface area (Å²) in [5.41, 5.74) is 0. The van der Waals surface area contributed by atoms with Gasteiger partial charge in [0.05, 0.1) is 34.1 Å². The molecule has 1 aromatic heterocycles. The van der Waals surface area contributed by atoms with Gasteiger partial charge in [-0.05, 0) is 0 Å². The molecule has 0 aliphatic carbocycles. The van der Waals surface area contributed by atoms with Gasteiger partial charge in [-0.1, -0.05) is 0 Å². The molecule has 0 saturated heterocycles. The minimum Gasteiger partial charge on any atom is -1.00 e. The average molecular weight is 208 g/mol. The highest BCUT2D eigenvalue weighted by Crippen LogP contribution is 1.84. The van der Waals surface area contributed by atoms with Gasteiger partial charge in [0.15, 0.2) is 0 Å². The molecule has 13 heavy (non-hydrogen) atoms. The van der Waals surface area contributed by atoms with E-state index in [1.54, 1.807) is 18.7 Å². The number of aromatic nitrogens is 2. The second-order valence-electron chi connectivity index (χ2n) is 3.50. The summed E-state index contributed by atoms with van der Waals surface area (Å²) < 4.78 is 0.844. The van der Waals surface area contributed by atoms with Crippen LogP contribution in [0.1, 0.15) is 0 Å².